The number of halogens is 1. The zero-order valence-corrected chi connectivity index (χ0v) is 9.97. The van der Waals surface area contributed by atoms with E-state index in [0.717, 1.165) is 0 Å². The Labute approximate surface area is 82.7 Å². The molecular weight excluding hydrogens is 194 g/mol. The van der Waals surface area contributed by atoms with Crippen molar-refractivity contribution in [1.82, 2.24) is 4.72 Å². The van der Waals surface area contributed by atoms with Crippen LogP contribution in [0.1, 0.15) is 34.6 Å². The van der Waals surface area contributed by atoms with Gasteiger partial charge in [-0.3, -0.25) is 0 Å². The van der Waals surface area contributed by atoms with E-state index in [4.69, 9.17) is 11.6 Å². The minimum atomic E-state index is -1.02. The van der Waals surface area contributed by atoms with Crippen LogP contribution < -0.4 is 4.72 Å². The highest BCUT2D eigenvalue weighted by Crippen LogP contribution is 2.13. The van der Waals surface area contributed by atoms with Crippen molar-refractivity contribution in [2.75, 3.05) is 6.54 Å². The molecule has 0 aliphatic rings. The van der Waals surface area contributed by atoms with Gasteiger partial charge in [0, 0.05) is 6.54 Å². The van der Waals surface area contributed by atoms with E-state index in [1.54, 1.807) is 0 Å². The molecule has 0 aliphatic heterocycles. The Morgan fingerprint density at radius 2 is 1.67 bits per heavy atom. The maximum atomic E-state index is 11.5. The maximum absolute atomic E-state index is 11.5. The van der Waals surface area contributed by atoms with Crippen LogP contribution in [0.25, 0.3) is 0 Å². The molecule has 0 fully saturated rings. The summed E-state index contributed by atoms with van der Waals surface area (Å²) in [6.07, 6.45) is 0. The summed E-state index contributed by atoms with van der Waals surface area (Å²) in [6, 6.07) is 0. The van der Waals surface area contributed by atoms with Crippen molar-refractivity contribution in [3.05, 3.63) is 0 Å². The molecule has 2 nitrogen and oxygen atoms in total. The summed E-state index contributed by atoms with van der Waals surface area (Å²) in [5.41, 5.74) is 0. The van der Waals surface area contributed by atoms with Crippen molar-refractivity contribution < 1.29 is 4.21 Å². The number of nitrogens with one attached hydrogen (secondary N) is 1. The fourth-order valence-electron chi connectivity index (χ4n) is 0.454. The summed E-state index contributed by atoms with van der Waals surface area (Å²) in [6.45, 7) is 10.1. The predicted octanol–water partition coefficient (Wildman–Crippen LogP) is 2.06. The van der Waals surface area contributed by atoms with Gasteiger partial charge in [0.2, 0.25) is 0 Å². The van der Waals surface area contributed by atoms with Gasteiger partial charge in [0.15, 0.2) is 0 Å². The zero-order chi connectivity index (χ0) is 9.99. The SMILES string of the molecule is CC(C)(Cl)CNS(=O)C(C)(C)C. The second-order valence-electron chi connectivity index (χ2n) is 4.42. The average molecular weight is 212 g/mol. The topological polar surface area (TPSA) is 29.1 Å². The van der Waals surface area contributed by atoms with Crippen LogP contribution in [0.3, 0.4) is 0 Å². The first kappa shape index (κ1) is 12.4. The summed E-state index contributed by atoms with van der Waals surface area (Å²) in [5, 5.41) is 0. The molecule has 0 aromatic heterocycles. The van der Waals surface area contributed by atoms with Crippen LogP contribution in [-0.4, -0.2) is 20.4 Å². The van der Waals surface area contributed by atoms with Gasteiger partial charge in [-0.1, -0.05) is 0 Å². The summed E-state index contributed by atoms with van der Waals surface area (Å²) in [5.74, 6) is 0. The maximum Gasteiger partial charge on any atom is 0.0970 e. The van der Waals surface area contributed by atoms with Gasteiger partial charge in [0.05, 0.1) is 20.6 Å². The Morgan fingerprint density at radius 1 is 1.25 bits per heavy atom. The van der Waals surface area contributed by atoms with E-state index in [2.05, 4.69) is 4.72 Å². The molecule has 1 N–H and O–H groups in total. The first-order chi connectivity index (χ1) is 5.13. The largest absolute Gasteiger partial charge is 0.242 e. The predicted molar refractivity (Wildman–Crippen MR) is 55.8 cm³/mol. The van der Waals surface area contributed by atoms with Gasteiger partial charge < -0.3 is 0 Å². The first-order valence-corrected chi connectivity index (χ1v) is 5.50. The van der Waals surface area contributed by atoms with E-state index in [1.807, 2.05) is 34.6 Å². The quantitative estimate of drug-likeness (QED) is 0.712. The third-order valence-electron chi connectivity index (χ3n) is 1.18. The van der Waals surface area contributed by atoms with E-state index >= 15 is 0 Å². The van der Waals surface area contributed by atoms with Gasteiger partial charge in [-0.25, -0.2) is 8.93 Å². The molecule has 0 bridgehead atoms. The van der Waals surface area contributed by atoms with Gasteiger partial charge >= 0.3 is 0 Å². The summed E-state index contributed by atoms with van der Waals surface area (Å²) in [4.78, 5) is -0.332. The average Bonchev–Trinajstić information content (AvgIpc) is 1.78. The number of hydrogen-bond acceptors (Lipinski definition) is 1. The third-order valence-corrected chi connectivity index (χ3v) is 2.83. The van der Waals surface area contributed by atoms with E-state index in [0.29, 0.717) is 6.54 Å². The van der Waals surface area contributed by atoms with Crippen molar-refractivity contribution in [2.24, 2.45) is 0 Å². The van der Waals surface area contributed by atoms with Crippen LogP contribution in [0.5, 0.6) is 0 Å². The molecule has 0 rings (SSSR count). The lowest BCUT2D eigenvalue weighted by Crippen LogP contribution is -2.39. The molecule has 0 amide bonds. The molecule has 0 aromatic carbocycles. The Morgan fingerprint density at radius 3 is 1.92 bits per heavy atom. The fourth-order valence-corrected chi connectivity index (χ4v) is 1.52. The molecule has 0 aromatic rings. The van der Waals surface area contributed by atoms with E-state index in [-0.39, 0.29) is 9.62 Å². The molecule has 0 saturated heterocycles. The zero-order valence-electron chi connectivity index (χ0n) is 8.40. The first-order valence-electron chi connectivity index (χ1n) is 3.97. The normalized spacial score (nSPS) is 16.2. The molecule has 0 saturated carbocycles. The summed E-state index contributed by atoms with van der Waals surface area (Å²) < 4.78 is 14.1. The molecule has 1 unspecified atom stereocenters. The van der Waals surface area contributed by atoms with Gasteiger partial charge in [-0.2, -0.15) is 0 Å². The third kappa shape index (κ3) is 5.98. The van der Waals surface area contributed by atoms with Crippen molar-refractivity contribution >= 4 is 22.6 Å². The minimum Gasteiger partial charge on any atom is -0.242 e. The Bertz CT molecular complexity index is 169. The van der Waals surface area contributed by atoms with Gasteiger partial charge in [0.25, 0.3) is 0 Å². The second kappa shape index (κ2) is 4.07. The van der Waals surface area contributed by atoms with Crippen molar-refractivity contribution in [2.45, 2.75) is 44.2 Å². The molecule has 74 valence electrons. The fraction of sp³-hybridized carbons (Fsp3) is 1.00. The monoisotopic (exact) mass is 211 g/mol. The van der Waals surface area contributed by atoms with Crippen molar-refractivity contribution in [3.63, 3.8) is 0 Å². The number of alkyl halides is 1. The van der Waals surface area contributed by atoms with Crippen LogP contribution in [0, 0.1) is 0 Å². The molecule has 0 radical (unpaired) electrons. The summed E-state index contributed by atoms with van der Waals surface area (Å²) >= 11 is 5.93. The Hall–Kier alpha value is 0.400. The Kier molecular flexibility index (Phi) is 4.21. The standard InChI is InChI=1S/C8H18ClNOS/c1-7(2,3)12(11)10-6-8(4,5)9/h10H,6H2,1-5H3. The van der Waals surface area contributed by atoms with Crippen LogP contribution >= 0.6 is 11.6 Å². The lowest BCUT2D eigenvalue weighted by atomic mass is 10.2. The lowest BCUT2D eigenvalue weighted by Gasteiger charge is -2.22. The molecule has 1 atom stereocenters. The van der Waals surface area contributed by atoms with E-state index < -0.39 is 11.0 Å². The molecule has 0 heterocycles. The van der Waals surface area contributed by atoms with Gasteiger partial charge in [-0.05, 0) is 34.6 Å². The van der Waals surface area contributed by atoms with Gasteiger partial charge in [0.1, 0.15) is 0 Å². The molecular formula is C8H18ClNOS. The molecule has 0 aliphatic carbocycles. The Balaban J connectivity index is 3.90. The van der Waals surface area contributed by atoms with Crippen LogP contribution in [0.4, 0.5) is 0 Å². The molecule has 4 heteroatoms. The minimum absolute atomic E-state index is 0.220. The van der Waals surface area contributed by atoms with Crippen LogP contribution in [0.2, 0.25) is 0 Å². The molecule has 0 spiro atoms. The van der Waals surface area contributed by atoms with E-state index in [9.17, 15) is 4.21 Å². The smallest absolute Gasteiger partial charge is 0.0970 e. The lowest BCUT2D eigenvalue weighted by molar-refractivity contribution is 0.614. The second-order valence-corrected chi connectivity index (χ2v) is 7.49. The highest BCUT2D eigenvalue weighted by molar-refractivity contribution is 7.84. The highest BCUT2D eigenvalue weighted by Gasteiger charge is 2.22. The molecule has 12 heavy (non-hydrogen) atoms. The van der Waals surface area contributed by atoms with Crippen LogP contribution in [0.15, 0.2) is 0 Å². The van der Waals surface area contributed by atoms with Crippen LogP contribution in [-0.2, 0) is 11.0 Å². The van der Waals surface area contributed by atoms with Crippen molar-refractivity contribution in [1.29, 1.82) is 0 Å². The summed E-state index contributed by atoms with van der Waals surface area (Å²) in [7, 11) is -1.02. The number of hydrogen-bond donors (Lipinski definition) is 1. The van der Waals surface area contributed by atoms with Gasteiger partial charge in [-0.15, -0.1) is 11.6 Å². The van der Waals surface area contributed by atoms with Crippen molar-refractivity contribution in [3.8, 4) is 0 Å². The van der Waals surface area contributed by atoms with E-state index in [1.165, 1.54) is 0 Å². The highest BCUT2D eigenvalue weighted by atomic mass is 35.5. The number of rotatable bonds is 3.